The third kappa shape index (κ3) is 3.62. The maximum Gasteiger partial charge on any atom is 0.573 e. The van der Waals surface area contributed by atoms with Crippen molar-refractivity contribution in [2.24, 2.45) is 0 Å². The number of alkyl halides is 3. The monoisotopic (exact) mass is 369 g/mol. The van der Waals surface area contributed by atoms with Gasteiger partial charge in [-0.2, -0.15) is 0 Å². The van der Waals surface area contributed by atoms with Crippen molar-refractivity contribution < 1.29 is 31.1 Å². The summed E-state index contributed by atoms with van der Waals surface area (Å²) in [6, 6.07) is 0. The van der Waals surface area contributed by atoms with Crippen LogP contribution in [0, 0.1) is 0 Å². The molecular formula is C7H4BrClF3NO4S. The molecule has 0 atom stereocenters. The number of hydrogen-bond acceptors (Lipinski definition) is 5. The van der Waals surface area contributed by atoms with Gasteiger partial charge >= 0.3 is 6.36 Å². The minimum Gasteiger partial charge on any atom is -0.492 e. The molecule has 0 saturated heterocycles. The van der Waals surface area contributed by atoms with E-state index < -0.39 is 31.9 Å². The van der Waals surface area contributed by atoms with Crippen molar-refractivity contribution in [2.75, 3.05) is 7.11 Å². The van der Waals surface area contributed by atoms with Crippen LogP contribution in [0.1, 0.15) is 0 Å². The molecule has 5 nitrogen and oxygen atoms in total. The molecule has 1 aromatic rings. The van der Waals surface area contributed by atoms with Crippen LogP contribution in [0.5, 0.6) is 11.5 Å². The largest absolute Gasteiger partial charge is 0.573 e. The highest BCUT2D eigenvalue weighted by molar-refractivity contribution is 9.10. The first kappa shape index (κ1) is 15.3. The average Bonchev–Trinajstić information content (AvgIpc) is 2.17. The predicted molar refractivity (Wildman–Crippen MR) is 58.2 cm³/mol. The van der Waals surface area contributed by atoms with Crippen molar-refractivity contribution in [3.63, 3.8) is 0 Å². The summed E-state index contributed by atoms with van der Waals surface area (Å²) in [4.78, 5) is 3.27. The van der Waals surface area contributed by atoms with Crippen molar-refractivity contribution in [1.82, 2.24) is 4.98 Å². The SMILES string of the molecule is COc1c(S(=O)(=O)Cl)ncc(OC(F)(F)F)c1Br. The van der Waals surface area contributed by atoms with E-state index >= 15 is 0 Å². The lowest BCUT2D eigenvalue weighted by Crippen LogP contribution is -2.18. The normalized spacial score (nSPS) is 12.3. The van der Waals surface area contributed by atoms with Gasteiger partial charge < -0.3 is 9.47 Å². The van der Waals surface area contributed by atoms with Crippen LogP contribution in [0.25, 0.3) is 0 Å². The van der Waals surface area contributed by atoms with Crippen LogP contribution >= 0.6 is 26.6 Å². The van der Waals surface area contributed by atoms with Crippen LogP contribution in [-0.2, 0) is 9.05 Å². The zero-order valence-corrected chi connectivity index (χ0v) is 11.6. The summed E-state index contributed by atoms with van der Waals surface area (Å²) in [5, 5.41) is -0.715. The van der Waals surface area contributed by atoms with Crippen molar-refractivity contribution in [2.45, 2.75) is 11.4 Å². The molecule has 0 bridgehead atoms. The first-order chi connectivity index (χ1) is 8.06. The van der Waals surface area contributed by atoms with E-state index in [1.807, 2.05) is 0 Å². The molecular weight excluding hydrogens is 366 g/mol. The van der Waals surface area contributed by atoms with Crippen LogP contribution < -0.4 is 9.47 Å². The Morgan fingerprint density at radius 2 is 2.00 bits per heavy atom. The first-order valence-corrected chi connectivity index (χ1v) is 7.09. The molecule has 1 heterocycles. The Kier molecular flexibility index (Phi) is 4.34. The minimum atomic E-state index is -4.95. The van der Waals surface area contributed by atoms with Gasteiger partial charge in [-0.3, -0.25) is 0 Å². The Morgan fingerprint density at radius 1 is 1.44 bits per heavy atom. The molecule has 0 radical (unpaired) electrons. The number of nitrogens with zero attached hydrogens (tertiary/aromatic N) is 1. The maximum absolute atomic E-state index is 12.0. The Morgan fingerprint density at radius 3 is 2.39 bits per heavy atom. The van der Waals surface area contributed by atoms with Crippen LogP contribution in [0.2, 0.25) is 0 Å². The van der Waals surface area contributed by atoms with Crippen molar-refractivity contribution in [3.05, 3.63) is 10.7 Å². The fourth-order valence-electron chi connectivity index (χ4n) is 0.985. The summed E-state index contributed by atoms with van der Waals surface area (Å²) in [5.41, 5.74) is 0. The summed E-state index contributed by atoms with van der Waals surface area (Å²) in [6.45, 7) is 0. The van der Waals surface area contributed by atoms with Crippen molar-refractivity contribution in [1.29, 1.82) is 0 Å². The van der Waals surface area contributed by atoms with Gasteiger partial charge in [0.05, 0.1) is 13.3 Å². The Balaban J connectivity index is 3.39. The lowest BCUT2D eigenvalue weighted by molar-refractivity contribution is -0.275. The molecule has 102 valence electrons. The van der Waals surface area contributed by atoms with Gasteiger partial charge in [0.1, 0.15) is 4.47 Å². The van der Waals surface area contributed by atoms with Crippen LogP contribution in [0.4, 0.5) is 13.2 Å². The number of rotatable bonds is 3. The lowest BCUT2D eigenvalue weighted by Gasteiger charge is -2.13. The number of hydrogen-bond donors (Lipinski definition) is 0. The summed E-state index contributed by atoms with van der Waals surface area (Å²) in [6.07, 6.45) is -4.38. The van der Waals surface area contributed by atoms with Gasteiger partial charge in [0, 0.05) is 10.7 Å². The average molecular weight is 371 g/mol. The van der Waals surface area contributed by atoms with Crippen LogP contribution in [0.3, 0.4) is 0 Å². The molecule has 1 rings (SSSR count). The second kappa shape index (κ2) is 5.10. The fourth-order valence-corrected chi connectivity index (χ4v) is 2.56. The lowest BCUT2D eigenvalue weighted by atomic mass is 10.4. The highest BCUT2D eigenvalue weighted by Gasteiger charge is 2.34. The summed E-state index contributed by atoms with van der Waals surface area (Å²) in [5.74, 6) is -1.23. The smallest absolute Gasteiger partial charge is 0.492 e. The molecule has 0 N–H and O–H groups in total. The number of methoxy groups -OCH3 is 1. The molecule has 11 heteroatoms. The molecule has 0 spiro atoms. The second-order valence-corrected chi connectivity index (χ2v) is 6.03. The second-order valence-electron chi connectivity index (χ2n) is 2.76. The predicted octanol–water partition coefficient (Wildman–Crippen LogP) is 2.68. The van der Waals surface area contributed by atoms with Crippen LogP contribution in [-0.4, -0.2) is 26.9 Å². The third-order valence-corrected chi connectivity index (χ3v) is 3.51. The molecule has 0 aromatic carbocycles. The number of ether oxygens (including phenoxy) is 2. The van der Waals surface area contributed by atoms with E-state index in [4.69, 9.17) is 10.7 Å². The van der Waals surface area contributed by atoms with Gasteiger partial charge in [0.15, 0.2) is 11.5 Å². The molecule has 18 heavy (non-hydrogen) atoms. The Labute approximate surface area is 112 Å². The number of aromatic nitrogens is 1. The van der Waals surface area contributed by atoms with E-state index in [1.165, 1.54) is 0 Å². The summed E-state index contributed by atoms with van der Waals surface area (Å²) in [7, 11) is 1.83. The number of pyridine rings is 1. The van der Waals surface area contributed by atoms with Gasteiger partial charge in [0.25, 0.3) is 9.05 Å². The topological polar surface area (TPSA) is 65.5 Å². The van der Waals surface area contributed by atoms with Crippen LogP contribution in [0.15, 0.2) is 15.7 Å². The van der Waals surface area contributed by atoms with Gasteiger partial charge in [-0.05, 0) is 15.9 Å². The van der Waals surface area contributed by atoms with E-state index in [1.54, 1.807) is 0 Å². The van der Waals surface area contributed by atoms with Gasteiger partial charge in [-0.1, -0.05) is 0 Å². The van der Waals surface area contributed by atoms with E-state index in [0.717, 1.165) is 7.11 Å². The van der Waals surface area contributed by atoms with E-state index in [9.17, 15) is 21.6 Å². The molecule has 0 aliphatic heterocycles. The third-order valence-electron chi connectivity index (χ3n) is 1.57. The molecule has 0 fully saturated rings. The molecule has 0 unspecified atom stereocenters. The van der Waals surface area contributed by atoms with Crippen molar-refractivity contribution >= 4 is 35.7 Å². The van der Waals surface area contributed by atoms with Gasteiger partial charge in [-0.25, -0.2) is 13.4 Å². The molecule has 0 aliphatic carbocycles. The van der Waals surface area contributed by atoms with E-state index in [-0.39, 0.29) is 4.47 Å². The zero-order chi connectivity index (χ0) is 14.1. The van der Waals surface area contributed by atoms with Crippen molar-refractivity contribution in [3.8, 4) is 11.5 Å². The van der Waals surface area contributed by atoms with Gasteiger partial charge in [0.2, 0.25) is 5.03 Å². The summed E-state index contributed by atoms with van der Waals surface area (Å²) < 4.78 is 66.2. The molecule has 0 amide bonds. The Hall–Kier alpha value is -0.740. The highest BCUT2D eigenvalue weighted by Crippen LogP contribution is 2.40. The van der Waals surface area contributed by atoms with E-state index in [2.05, 4.69) is 30.4 Å². The zero-order valence-electron chi connectivity index (χ0n) is 8.46. The van der Waals surface area contributed by atoms with Gasteiger partial charge in [-0.15, -0.1) is 13.2 Å². The standard InChI is InChI=1S/C7H4BrClF3NO4S/c1-16-5-4(8)3(17-7(10,11)12)2-13-6(5)18(9,14)15/h2H,1H3. The first-order valence-electron chi connectivity index (χ1n) is 3.99. The maximum atomic E-state index is 12.0. The molecule has 1 aromatic heterocycles. The number of halogens is 5. The summed E-state index contributed by atoms with van der Waals surface area (Å²) >= 11 is 2.72. The van der Waals surface area contributed by atoms with E-state index in [0.29, 0.717) is 6.20 Å². The molecule has 0 saturated carbocycles. The molecule has 0 aliphatic rings. The quantitative estimate of drug-likeness (QED) is 0.766. The fraction of sp³-hybridized carbons (Fsp3) is 0.286. The minimum absolute atomic E-state index is 0.364. The highest BCUT2D eigenvalue weighted by atomic mass is 79.9. The Bertz CT molecular complexity index is 563.